The maximum absolute atomic E-state index is 13.9. The van der Waals surface area contributed by atoms with Gasteiger partial charge in [0.1, 0.15) is 17.0 Å². The molecule has 8 heteroatoms. The molecular weight excluding hydrogens is 476 g/mol. The minimum atomic E-state index is -0.102. The first-order valence-corrected chi connectivity index (χ1v) is 14.4. The van der Waals surface area contributed by atoms with Gasteiger partial charge in [-0.1, -0.05) is 33.8 Å². The summed E-state index contributed by atoms with van der Waals surface area (Å²) in [5.41, 5.74) is 1.90. The SMILES string of the molecule is CN(C)CCN(C(=O)c1cn2c(C(=O)NC[C@@H]3CC[C@H]4C[C@@H]3C4(C)C)cccc2n1)C1CCNCC1(C)C. The standard InChI is InChI=1S/C30H46N6O2/c1-29(2)19-31-13-12-25(29)35(15-14-34(5)6)28(38)23-18-36-24(8-7-9-26(36)33-23)27(37)32-17-20-10-11-21-16-22(20)30(21,3)4/h7-9,18,20-22,25,31H,10-17,19H2,1-6H3,(H,32,37)/t20-,21-,22-,25?/m0/s1. The average Bonchev–Trinajstić information content (AvgIpc) is 3.32. The van der Waals surface area contributed by atoms with E-state index in [4.69, 9.17) is 4.98 Å². The highest BCUT2D eigenvalue weighted by Crippen LogP contribution is 2.61. The van der Waals surface area contributed by atoms with E-state index in [1.807, 2.05) is 37.2 Å². The van der Waals surface area contributed by atoms with E-state index in [9.17, 15) is 9.59 Å². The van der Waals surface area contributed by atoms with Crippen LogP contribution < -0.4 is 10.6 Å². The summed E-state index contributed by atoms with van der Waals surface area (Å²) in [5, 5.41) is 6.69. The summed E-state index contributed by atoms with van der Waals surface area (Å²) < 4.78 is 1.78. The Morgan fingerprint density at radius 3 is 2.61 bits per heavy atom. The summed E-state index contributed by atoms with van der Waals surface area (Å²) in [6.45, 7) is 13.1. The first kappa shape index (κ1) is 27.1. The van der Waals surface area contributed by atoms with Crippen LogP contribution in [-0.4, -0.2) is 83.9 Å². The van der Waals surface area contributed by atoms with Crippen molar-refractivity contribution in [1.29, 1.82) is 0 Å². The molecule has 4 fully saturated rings. The zero-order chi connectivity index (χ0) is 27.2. The largest absolute Gasteiger partial charge is 0.350 e. The van der Waals surface area contributed by atoms with E-state index in [1.54, 1.807) is 10.6 Å². The number of fused-ring (bicyclic) bond motifs is 3. The molecule has 3 aliphatic carbocycles. The Balaban J connectivity index is 1.35. The third kappa shape index (κ3) is 4.97. The summed E-state index contributed by atoms with van der Waals surface area (Å²) in [6, 6.07) is 5.66. The molecule has 2 aromatic rings. The lowest BCUT2D eigenvalue weighted by Crippen LogP contribution is -2.57. The highest BCUT2D eigenvalue weighted by molar-refractivity contribution is 5.95. The molecular formula is C30H46N6O2. The van der Waals surface area contributed by atoms with Gasteiger partial charge in [-0.05, 0) is 87.0 Å². The number of pyridine rings is 1. The van der Waals surface area contributed by atoms with Crippen LogP contribution in [-0.2, 0) is 0 Å². The van der Waals surface area contributed by atoms with Crippen LogP contribution in [0.1, 0.15) is 74.4 Å². The molecule has 8 nitrogen and oxygen atoms in total. The smallest absolute Gasteiger partial charge is 0.274 e. The minimum absolute atomic E-state index is 0.0431. The molecule has 3 saturated carbocycles. The number of hydrogen-bond donors (Lipinski definition) is 2. The van der Waals surface area contributed by atoms with Gasteiger partial charge in [0, 0.05) is 38.4 Å². The quantitative estimate of drug-likeness (QED) is 0.554. The number of amides is 2. The average molecular weight is 523 g/mol. The number of carbonyl (C=O) groups is 2. The Bertz CT molecular complexity index is 1180. The molecule has 2 amide bonds. The zero-order valence-electron chi connectivity index (χ0n) is 24.1. The molecule has 0 aromatic carbocycles. The van der Waals surface area contributed by atoms with Crippen LogP contribution in [0, 0.1) is 28.6 Å². The summed E-state index contributed by atoms with van der Waals surface area (Å²) in [6.07, 6.45) is 6.43. The second-order valence-electron chi connectivity index (χ2n) is 13.4. The van der Waals surface area contributed by atoms with Gasteiger partial charge in [-0.3, -0.25) is 14.0 Å². The Hall–Kier alpha value is -2.45. The maximum Gasteiger partial charge on any atom is 0.274 e. The number of rotatable bonds is 8. The van der Waals surface area contributed by atoms with Gasteiger partial charge in [-0.2, -0.15) is 0 Å². The number of carbonyl (C=O) groups excluding carboxylic acids is 2. The lowest BCUT2D eigenvalue weighted by Gasteiger charge is -2.60. The minimum Gasteiger partial charge on any atom is -0.350 e. The highest BCUT2D eigenvalue weighted by Gasteiger charge is 2.54. The number of nitrogens with one attached hydrogen (secondary N) is 2. The van der Waals surface area contributed by atoms with Gasteiger partial charge in [0.15, 0.2) is 0 Å². The van der Waals surface area contributed by atoms with Crippen molar-refractivity contribution in [3.8, 4) is 0 Å². The summed E-state index contributed by atoms with van der Waals surface area (Å²) in [5.74, 6) is 1.92. The lowest BCUT2D eigenvalue weighted by atomic mass is 9.45. The number of piperidine rings is 1. The Morgan fingerprint density at radius 1 is 1.13 bits per heavy atom. The fourth-order valence-corrected chi connectivity index (χ4v) is 7.41. The molecule has 1 aliphatic heterocycles. The van der Waals surface area contributed by atoms with E-state index < -0.39 is 0 Å². The van der Waals surface area contributed by atoms with Crippen LogP contribution in [0.2, 0.25) is 0 Å². The monoisotopic (exact) mass is 522 g/mol. The predicted molar refractivity (Wildman–Crippen MR) is 150 cm³/mol. The molecule has 6 rings (SSSR count). The first-order valence-electron chi connectivity index (χ1n) is 14.4. The van der Waals surface area contributed by atoms with E-state index >= 15 is 0 Å². The fraction of sp³-hybridized carbons (Fsp3) is 0.700. The van der Waals surface area contributed by atoms with Crippen molar-refractivity contribution in [3.05, 3.63) is 35.8 Å². The van der Waals surface area contributed by atoms with Gasteiger partial charge >= 0.3 is 0 Å². The van der Waals surface area contributed by atoms with Crippen LogP contribution in [0.3, 0.4) is 0 Å². The predicted octanol–water partition coefficient (Wildman–Crippen LogP) is 3.53. The van der Waals surface area contributed by atoms with Crippen LogP contribution in [0.25, 0.3) is 5.65 Å². The van der Waals surface area contributed by atoms with Crippen molar-refractivity contribution in [3.63, 3.8) is 0 Å². The normalized spacial score (nSPS) is 27.7. The second-order valence-corrected chi connectivity index (χ2v) is 13.4. The Labute approximate surface area is 227 Å². The Kier molecular flexibility index (Phi) is 7.33. The Morgan fingerprint density at radius 2 is 1.92 bits per heavy atom. The van der Waals surface area contributed by atoms with E-state index in [2.05, 4.69) is 43.2 Å². The number of hydrogen-bond acceptors (Lipinski definition) is 5. The molecule has 2 aromatic heterocycles. The van der Waals surface area contributed by atoms with Gasteiger partial charge in [0.05, 0.1) is 0 Å². The molecule has 208 valence electrons. The first-order chi connectivity index (χ1) is 18.0. The topological polar surface area (TPSA) is 82.0 Å². The van der Waals surface area contributed by atoms with Crippen molar-refractivity contribution in [2.45, 2.75) is 59.4 Å². The zero-order valence-corrected chi connectivity index (χ0v) is 24.1. The van der Waals surface area contributed by atoms with E-state index in [0.29, 0.717) is 47.4 Å². The van der Waals surface area contributed by atoms with Crippen molar-refractivity contribution >= 4 is 17.5 Å². The molecule has 0 radical (unpaired) electrons. The van der Waals surface area contributed by atoms with E-state index in [0.717, 1.165) is 32.0 Å². The van der Waals surface area contributed by atoms with Crippen LogP contribution >= 0.6 is 0 Å². The molecule has 1 unspecified atom stereocenters. The molecule has 2 bridgehead atoms. The number of nitrogens with zero attached hydrogens (tertiary/aromatic N) is 4. The van der Waals surface area contributed by atoms with Gasteiger partial charge in [-0.25, -0.2) is 4.98 Å². The fourth-order valence-electron chi connectivity index (χ4n) is 7.41. The molecule has 38 heavy (non-hydrogen) atoms. The van der Waals surface area contributed by atoms with Crippen LogP contribution in [0.4, 0.5) is 0 Å². The third-order valence-electron chi connectivity index (χ3n) is 9.97. The third-order valence-corrected chi connectivity index (χ3v) is 9.97. The molecule has 0 spiro atoms. The van der Waals surface area contributed by atoms with E-state index in [1.165, 1.54) is 19.3 Å². The molecule has 1 saturated heterocycles. The number of imidazole rings is 1. The highest BCUT2D eigenvalue weighted by atomic mass is 16.2. The van der Waals surface area contributed by atoms with Crippen molar-refractivity contribution < 1.29 is 9.59 Å². The number of aromatic nitrogens is 2. The molecule has 3 heterocycles. The number of likely N-dealkylation sites (N-methyl/N-ethyl adjacent to an activating group) is 1. The van der Waals surface area contributed by atoms with Crippen LogP contribution in [0.15, 0.2) is 24.4 Å². The van der Waals surface area contributed by atoms with Crippen molar-refractivity contribution in [2.75, 3.05) is 46.8 Å². The van der Waals surface area contributed by atoms with Gasteiger partial charge in [0.25, 0.3) is 11.8 Å². The van der Waals surface area contributed by atoms with Gasteiger partial charge < -0.3 is 20.4 Å². The molecule has 4 aliphatic rings. The van der Waals surface area contributed by atoms with Crippen LogP contribution in [0.5, 0.6) is 0 Å². The van der Waals surface area contributed by atoms with Gasteiger partial charge in [0.2, 0.25) is 0 Å². The van der Waals surface area contributed by atoms with Gasteiger partial charge in [-0.15, -0.1) is 0 Å². The van der Waals surface area contributed by atoms with E-state index in [-0.39, 0.29) is 23.3 Å². The maximum atomic E-state index is 13.9. The molecule has 4 atom stereocenters. The van der Waals surface area contributed by atoms with Crippen molar-refractivity contribution in [2.24, 2.45) is 28.6 Å². The summed E-state index contributed by atoms with van der Waals surface area (Å²) in [7, 11) is 4.06. The molecule has 2 N–H and O–H groups in total. The summed E-state index contributed by atoms with van der Waals surface area (Å²) in [4.78, 5) is 36.1. The lowest BCUT2D eigenvalue weighted by molar-refractivity contribution is -0.103. The van der Waals surface area contributed by atoms with Crippen molar-refractivity contribution in [1.82, 2.24) is 29.8 Å². The second kappa shape index (κ2) is 10.3. The summed E-state index contributed by atoms with van der Waals surface area (Å²) >= 11 is 0.